The Morgan fingerprint density at radius 2 is 1.43 bits per heavy atom. The molecule has 4 heteroatoms. The molecule has 0 aromatic heterocycles. The fraction of sp³-hybridized carbons (Fsp3) is 0.176. The maximum Gasteiger partial charge on any atom is 0.308 e. The average Bonchev–Trinajstić information content (AvgIpc) is 2.42. The smallest absolute Gasteiger partial charge is 0.308 e. The normalized spacial score (nSPS) is 10.0. The monoisotopic (exact) mass is 284 g/mol. The topological polar surface area (TPSA) is 52.6 Å². The molecular weight excluding hydrogens is 268 g/mol. The third-order valence-corrected chi connectivity index (χ3v) is 2.77. The Labute approximate surface area is 123 Å². The molecule has 108 valence electrons. The molecule has 2 aromatic carbocycles. The van der Waals surface area contributed by atoms with Crippen molar-refractivity contribution in [3.8, 4) is 11.5 Å². The van der Waals surface area contributed by atoms with E-state index in [0.717, 1.165) is 11.1 Å². The van der Waals surface area contributed by atoms with Gasteiger partial charge in [-0.2, -0.15) is 0 Å². The van der Waals surface area contributed by atoms with Gasteiger partial charge >= 0.3 is 11.9 Å². The molecule has 0 aliphatic carbocycles. The lowest BCUT2D eigenvalue weighted by Crippen LogP contribution is -2.07. The van der Waals surface area contributed by atoms with E-state index in [1.165, 1.54) is 13.8 Å². The number of hydrogen-bond acceptors (Lipinski definition) is 4. The Morgan fingerprint density at radius 3 is 2.05 bits per heavy atom. The maximum atomic E-state index is 11.2. The summed E-state index contributed by atoms with van der Waals surface area (Å²) in [4.78, 5) is 22.2. The van der Waals surface area contributed by atoms with Crippen LogP contribution in [0.4, 0.5) is 0 Å². The molecule has 0 unspecified atom stereocenters. The minimum atomic E-state index is -0.459. The van der Waals surface area contributed by atoms with Gasteiger partial charge in [0.05, 0.1) is 0 Å². The second kappa shape index (κ2) is 6.70. The minimum Gasteiger partial charge on any atom is -0.423 e. The molecule has 0 fully saturated rings. The standard InChI is InChI=1S/C17H16O4/c1-12(18)20-16-9-8-15(11-17(16)21-13(2)19)10-14-6-4-3-5-7-14/h3-9,11H,10H2,1-2H3. The summed E-state index contributed by atoms with van der Waals surface area (Å²) in [6.45, 7) is 2.61. The summed E-state index contributed by atoms with van der Waals surface area (Å²) in [7, 11) is 0. The molecule has 4 nitrogen and oxygen atoms in total. The first kappa shape index (κ1) is 14.8. The SMILES string of the molecule is CC(=O)Oc1ccc(Cc2ccccc2)cc1OC(C)=O. The molecular formula is C17H16O4. The number of hydrogen-bond donors (Lipinski definition) is 0. The summed E-state index contributed by atoms with van der Waals surface area (Å²) in [6.07, 6.45) is 0.704. The van der Waals surface area contributed by atoms with Crippen molar-refractivity contribution >= 4 is 11.9 Å². The number of ether oxygens (including phenoxy) is 2. The Morgan fingerprint density at radius 1 is 0.810 bits per heavy atom. The van der Waals surface area contributed by atoms with Gasteiger partial charge in [-0.05, 0) is 29.7 Å². The van der Waals surface area contributed by atoms with Crippen LogP contribution in [0.25, 0.3) is 0 Å². The number of carbonyl (C=O) groups is 2. The summed E-state index contributed by atoms with van der Waals surface area (Å²) in [5.74, 6) is -0.417. The van der Waals surface area contributed by atoms with Crippen LogP contribution in [0.15, 0.2) is 48.5 Å². The molecule has 0 spiro atoms. The van der Waals surface area contributed by atoms with E-state index in [-0.39, 0.29) is 11.5 Å². The van der Waals surface area contributed by atoms with E-state index >= 15 is 0 Å². The van der Waals surface area contributed by atoms with Gasteiger partial charge in [-0.1, -0.05) is 36.4 Å². The van der Waals surface area contributed by atoms with Gasteiger partial charge in [0, 0.05) is 13.8 Å². The summed E-state index contributed by atoms with van der Waals surface area (Å²) < 4.78 is 10.1. The molecule has 0 radical (unpaired) electrons. The van der Waals surface area contributed by atoms with E-state index in [9.17, 15) is 9.59 Å². The lowest BCUT2D eigenvalue weighted by molar-refractivity contribution is -0.134. The molecule has 0 aliphatic heterocycles. The number of benzene rings is 2. The van der Waals surface area contributed by atoms with Crippen LogP contribution in [0, 0.1) is 0 Å². The highest BCUT2D eigenvalue weighted by Gasteiger charge is 2.11. The van der Waals surface area contributed by atoms with E-state index in [0.29, 0.717) is 6.42 Å². The van der Waals surface area contributed by atoms with E-state index in [1.807, 2.05) is 36.4 Å². The largest absolute Gasteiger partial charge is 0.423 e. The molecule has 0 saturated heterocycles. The summed E-state index contributed by atoms with van der Waals surface area (Å²) >= 11 is 0. The van der Waals surface area contributed by atoms with Crippen LogP contribution in [0.2, 0.25) is 0 Å². The zero-order chi connectivity index (χ0) is 15.2. The van der Waals surface area contributed by atoms with Crippen molar-refractivity contribution in [2.24, 2.45) is 0 Å². The van der Waals surface area contributed by atoms with Crippen molar-refractivity contribution in [1.29, 1.82) is 0 Å². The van der Waals surface area contributed by atoms with E-state index < -0.39 is 11.9 Å². The first-order valence-electron chi connectivity index (χ1n) is 6.58. The van der Waals surface area contributed by atoms with Gasteiger partial charge in [-0.25, -0.2) is 0 Å². The molecule has 2 rings (SSSR count). The van der Waals surface area contributed by atoms with Gasteiger partial charge in [0.1, 0.15) is 0 Å². The predicted octanol–water partition coefficient (Wildman–Crippen LogP) is 3.13. The van der Waals surface area contributed by atoms with Gasteiger partial charge in [0.15, 0.2) is 11.5 Å². The highest BCUT2D eigenvalue weighted by atomic mass is 16.6. The molecule has 0 aliphatic rings. The quantitative estimate of drug-likeness (QED) is 0.639. The first-order valence-corrected chi connectivity index (χ1v) is 6.58. The lowest BCUT2D eigenvalue weighted by atomic mass is 10.0. The number of carbonyl (C=O) groups excluding carboxylic acids is 2. The van der Waals surface area contributed by atoms with Crippen LogP contribution in [-0.4, -0.2) is 11.9 Å². The van der Waals surface area contributed by atoms with Crippen LogP contribution >= 0.6 is 0 Å². The summed E-state index contributed by atoms with van der Waals surface area (Å²) in [5, 5.41) is 0. The molecule has 0 bridgehead atoms. The summed E-state index contributed by atoms with van der Waals surface area (Å²) in [6, 6.07) is 15.1. The van der Waals surface area contributed by atoms with Crippen LogP contribution < -0.4 is 9.47 Å². The second-order valence-corrected chi connectivity index (χ2v) is 4.63. The fourth-order valence-corrected chi connectivity index (χ4v) is 1.97. The third-order valence-electron chi connectivity index (χ3n) is 2.77. The van der Waals surface area contributed by atoms with Crippen molar-refractivity contribution in [3.05, 3.63) is 59.7 Å². The van der Waals surface area contributed by atoms with Gasteiger partial charge in [0.25, 0.3) is 0 Å². The van der Waals surface area contributed by atoms with Crippen LogP contribution in [0.3, 0.4) is 0 Å². The van der Waals surface area contributed by atoms with E-state index in [1.54, 1.807) is 12.1 Å². The highest BCUT2D eigenvalue weighted by molar-refractivity contribution is 5.73. The third kappa shape index (κ3) is 4.45. The van der Waals surface area contributed by atoms with E-state index in [4.69, 9.17) is 9.47 Å². The Kier molecular flexibility index (Phi) is 4.72. The number of esters is 2. The van der Waals surface area contributed by atoms with Gasteiger partial charge in [0.2, 0.25) is 0 Å². The molecule has 2 aromatic rings. The molecule has 0 heterocycles. The maximum absolute atomic E-state index is 11.2. The van der Waals surface area contributed by atoms with Crippen molar-refractivity contribution in [2.45, 2.75) is 20.3 Å². The lowest BCUT2D eigenvalue weighted by Gasteiger charge is -2.10. The van der Waals surface area contributed by atoms with Crippen molar-refractivity contribution in [1.82, 2.24) is 0 Å². The molecule has 0 N–H and O–H groups in total. The fourth-order valence-electron chi connectivity index (χ4n) is 1.97. The first-order chi connectivity index (χ1) is 10.0. The minimum absolute atomic E-state index is 0.245. The zero-order valence-corrected chi connectivity index (χ0v) is 12.0. The number of rotatable bonds is 4. The van der Waals surface area contributed by atoms with Crippen LogP contribution in [0.5, 0.6) is 11.5 Å². The molecule has 0 amide bonds. The van der Waals surface area contributed by atoms with Crippen LogP contribution in [-0.2, 0) is 16.0 Å². The van der Waals surface area contributed by atoms with E-state index in [2.05, 4.69) is 0 Å². The second-order valence-electron chi connectivity index (χ2n) is 4.63. The van der Waals surface area contributed by atoms with Gasteiger partial charge in [-0.15, -0.1) is 0 Å². The predicted molar refractivity (Wildman–Crippen MR) is 78.3 cm³/mol. The Hall–Kier alpha value is -2.62. The summed E-state index contributed by atoms with van der Waals surface area (Å²) in [5.41, 5.74) is 2.11. The van der Waals surface area contributed by atoms with Crippen molar-refractivity contribution < 1.29 is 19.1 Å². The van der Waals surface area contributed by atoms with Crippen molar-refractivity contribution in [2.75, 3.05) is 0 Å². The van der Waals surface area contributed by atoms with Crippen LogP contribution in [0.1, 0.15) is 25.0 Å². The van der Waals surface area contributed by atoms with Crippen molar-refractivity contribution in [3.63, 3.8) is 0 Å². The Bertz CT molecular complexity index is 647. The van der Waals surface area contributed by atoms with Gasteiger partial charge in [-0.3, -0.25) is 9.59 Å². The highest BCUT2D eigenvalue weighted by Crippen LogP contribution is 2.29. The Balaban J connectivity index is 2.27. The molecule has 21 heavy (non-hydrogen) atoms. The molecule has 0 atom stereocenters. The average molecular weight is 284 g/mol. The van der Waals surface area contributed by atoms with Gasteiger partial charge < -0.3 is 9.47 Å². The molecule has 0 saturated carbocycles. The zero-order valence-electron chi connectivity index (χ0n) is 12.0.